The van der Waals surface area contributed by atoms with Gasteiger partial charge < -0.3 is 41.6 Å². The Labute approximate surface area is 261 Å². The fraction of sp³-hybridized carbons (Fsp3) is 0.556. The maximum absolute atomic E-state index is 13.2. The molecular formula is C27H42ClN9O7. The van der Waals surface area contributed by atoms with E-state index in [0.29, 0.717) is 11.6 Å². The molecule has 1 aromatic rings. The minimum absolute atomic E-state index is 0.0228. The zero-order chi connectivity index (χ0) is 32.6. The van der Waals surface area contributed by atoms with Crippen LogP contribution in [0, 0.1) is 0 Å². The molecule has 2 rings (SSSR count). The fourth-order valence-corrected chi connectivity index (χ4v) is 3.92. The normalized spacial score (nSPS) is 15.3. The molecule has 0 aromatic heterocycles. The first kappa shape index (κ1) is 35.9. The Morgan fingerprint density at radius 1 is 0.795 bits per heavy atom. The van der Waals surface area contributed by atoms with Crippen LogP contribution in [0.15, 0.2) is 30.3 Å². The summed E-state index contributed by atoms with van der Waals surface area (Å²) in [4.78, 5) is 81.9. The molecule has 7 N–H and O–H groups in total. The van der Waals surface area contributed by atoms with Crippen LogP contribution in [0.5, 0.6) is 0 Å². The topological polar surface area (TPSA) is 202 Å². The van der Waals surface area contributed by atoms with Gasteiger partial charge in [-0.15, -0.1) is 5.06 Å². The van der Waals surface area contributed by atoms with E-state index in [-0.39, 0.29) is 51.1 Å². The Morgan fingerprint density at radius 2 is 1.32 bits per heavy atom. The monoisotopic (exact) mass is 639 g/mol. The fourth-order valence-electron chi connectivity index (χ4n) is 3.85. The van der Waals surface area contributed by atoms with Crippen molar-refractivity contribution in [2.75, 3.05) is 26.2 Å². The summed E-state index contributed by atoms with van der Waals surface area (Å²) in [5.41, 5.74) is 0.845. The number of hydrogen-bond donors (Lipinski definition) is 7. The predicted octanol–water partition coefficient (Wildman–Crippen LogP) is 0.884. The Hall–Kier alpha value is -4.31. The van der Waals surface area contributed by atoms with E-state index >= 15 is 0 Å². The third-order valence-corrected chi connectivity index (χ3v) is 6.72. The van der Waals surface area contributed by atoms with Gasteiger partial charge in [0.15, 0.2) is 0 Å². The van der Waals surface area contributed by atoms with E-state index in [2.05, 4.69) is 36.7 Å². The SMILES string of the molecule is C[C@@H](CNC(=O)N[C@@H](C)CNC(=O)N[C@@H](C)CNC(=O)N(Cc1ccccc1)[C@@H](C)CNC(=O)ON1C(=O)CCC1=O)NCl. The van der Waals surface area contributed by atoms with Crippen molar-refractivity contribution in [1.29, 1.82) is 0 Å². The molecule has 17 heteroatoms. The number of halogens is 1. The average molecular weight is 640 g/mol. The van der Waals surface area contributed by atoms with E-state index in [1.54, 1.807) is 27.7 Å². The molecule has 1 saturated heterocycles. The molecular weight excluding hydrogens is 598 g/mol. The second-order valence-corrected chi connectivity index (χ2v) is 10.7. The second-order valence-electron chi connectivity index (χ2n) is 10.5. The molecule has 1 aliphatic heterocycles. The maximum atomic E-state index is 13.2. The van der Waals surface area contributed by atoms with Crippen LogP contribution in [-0.4, -0.2) is 96.3 Å². The van der Waals surface area contributed by atoms with E-state index in [1.807, 2.05) is 30.3 Å². The van der Waals surface area contributed by atoms with Crippen LogP contribution in [-0.2, 0) is 21.0 Å². The number of carbonyl (C=O) groups excluding carboxylic acids is 6. The Balaban J connectivity index is 1.82. The van der Waals surface area contributed by atoms with Crippen molar-refractivity contribution in [3.63, 3.8) is 0 Å². The molecule has 0 radical (unpaired) electrons. The van der Waals surface area contributed by atoms with Crippen molar-refractivity contribution in [2.45, 2.75) is 71.2 Å². The smallest absolute Gasteiger partial charge is 0.337 e. The zero-order valence-corrected chi connectivity index (χ0v) is 26.0. The standard InChI is InChI=1S/C27H42ClN9O7/c1-17(33-25(41)30-14-19(3)35-28)12-29-24(40)34-18(2)13-31-26(42)36(16-21-8-6-5-7-9-21)20(4)15-32-27(43)44-37-22(38)10-11-23(37)39/h5-9,17-20,35H,10-16H2,1-4H3,(H,31,42)(H,32,43)(H2,29,34,40)(H2,30,33,41)/t17-,18-,19-,20-/m0/s1. The van der Waals surface area contributed by atoms with E-state index in [1.165, 1.54) is 4.90 Å². The Bertz CT molecular complexity index is 1130. The average Bonchev–Trinajstić information content (AvgIpc) is 3.31. The number of imide groups is 1. The molecule has 16 nitrogen and oxygen atoms in total. The van der Waals surface area contributed by atoms with E-state index in [0.717, 1.165) is 5.56 Å². The van der Waals surface area contributed by atoms with Crippen molar-refractivity contribution in [1.82, 2.24) is 46.7 Å². The van der Waals surface area contributed by atoms with Crippen molar-refractivity contribution in [3.8, 4) is 0 Å². The van der Waals surface area contributed by atoms with E-state index in [9.17, 15) is 28.8 Å². The summed E-state index contributed by atoms with van der Waals surface area (Å²) in [7, 11) is 0. The summed E-state index contributed by atoms with van der Waals surface area (Å²) < 4.78 is 0. The summed E-state index contributed by atoms with van der Waals surface area (Å²) in [6, 6.07) is 6.46. The van der Waals surface area contributed by atoms with Crippen molar-refractivity contribution >= 4 is 47.8 Å². The van der Waals surface area contributed by atoms with Crippen LogP contribution >= 0.6 is 11.8 Å². The molecule has 44 heavy (non-hydrogen) atoms. The van der Waals surface area contributed by atoms with Crippen molar-refractivity contribution < 1.29 is 33.6 Å². The van der Waals surface area contributed by atoms with E-state index in [4.69, 9.17) is 16.6 Å². The highest BCUT2D eigenvalue weighted by molar-refractivity contribution is 6.13. The van der Waals surface area contributed by atoms with Crippen LogP contribution < -0.4 is 36.7 Å². The van der Waals surface area contributed by atoms with Gasteiger partial charge in [0.1, 0.15) is 0 Å². The molecule has 244 valence electrons. The van der Waals surface area contributed by atoms with Crippen LogP contribution in [0.3, 0.4) is 0 Å². The summed E-state index contributed by atoms with van der Waals surface area (Å²) >= 11 is 5.49. The van der Waals surface area contributed by atoms with Crippen LogP contribution in [0.25, 0.3) is 0 Å². The minimum atomic E-state index is -0.993. The van der Waals surface area contributed by atoms with Gasteiger partial charge in [0.2, 0.25) is 0 Å². The van der Waals surface area contributed by atoms with Gasteiger partial charge in [0.05, 0.1) is 0 Å². The first-order valence-corrected chi connectivity index (χ1v) is 14.6. The Morgan fingerprint density at radius 3 is 1.86 bits per heavy atom. The predicted molar refractivity (Wildman–Crippen MR) is 161 cm³/mol. The van der Waals surface area contributed by atoms with Crippen LogP contribution in [0.1, 0.15) is 46.1 Å². The number of hydroxylamine groups is 2. The number of rotatable bonds is 15. The molecule has 1 fully saturated rings. The molecule has 0 bridgehead atoms. The van der Waals surface area contributed by atoms with Gasteiger partial charge in [-0.2, -0.15) is 0 Å². The van der Waals surface area contributed by atoms with Crippen molar-refractivity contribution in [2.24, 2.45) is 0 Å². The van der Waals surface area contributed by atoms with Crippen LogP contribution in [0.2, 0.25) is 0 Å². The van der Waals surface area contributed by atoms with Gasteiger partial charge in [-0.1, -0.05) is 30.3 Å². The first-order valence-electron chi connectivity index (χ1n) is 14.2. The molecule has 9 amide bonds. The van der Waals surface area contributed by atoms with E-state index < -0.39 is 48.1 Å². The number of hydrogen-bond acceptors (Lipinski definition) is 8. The molecule has 1 aliphatic rings. The summed E-state index contributed by atoms with van der Waals surface area (Å²) in [5.74, 6) is -1.19. The maximum Gasteiger partial charge on any atom is 0.432 e. The van der Waals surface area contributed by atoms with Gasteiger partial charge in [-0.05, 0) is 45.0 Å². The van der Waals surface area contributed by atoms with Gasteiger partial charge in [0, 0.05) is 69.7 Å². The first-order chi connectivity index (χ1) is 20.9. The number of nitrogens with zero attached hydrogens (tertiary/aromatic N) is 2. The third kappa shape index (κ3) is 12.9. The highest BCUT2D eigenvalue weighted by Gasteiger charge is 2.33. The number of carbonyl (C=O) groups is 6. The van der Waals surface area contributed by atoms with Gasteiger partial charge >= 0.3 is 24.2 Å². The summed E-state index contributed by atoms with van der Waals surface area (Å²) in [5, 5.41) is 16.4. The van der Waals surface area contributed by atoms with Crippen molar-refractivity contribution in [3.05, 3.63) is 35.9 Å². The lowest BCUT2D eigenvalue weighted by Gasteiger charge is -2.30. The summed E-state index contributed by atoms with van der Waals surface area (Å²) in [6.07, 6.45) is -1.04. The minimum Gasteiger partial charge on any atom is -0.337 e. The molecule has 4 atom stereocenters. The lowest BCUT2D eigenvalue weighted by Crippen LogP contribution is -2.53. The molecule has 0 unspecified atom stereocenters. The molecule has 0 spiro atoms. The number of benzene rings is 1. The van der Waals surface area contributed by atoms with Gasteiger partial charge in [0.25, 0.3) is 11.8 Å². The lowest BCUT2D eigenvalue weighted by molar-refractivity contribution is -0.171. The van der Waals surface area contributed by atoms with Crippen LogP contribution in [0.4, 0.5) is 19.2 Å². The second kappa shape index (κ2) is 18.4. The Kier molecular flexibility index (Phi) is 15.0. The molecule has 1 heterocycles. The molecule has 0 saturated carbocycles. The number of nitrogens with one attached hydrogen (secondary N) is 7. The number of urea groups is 3. The highest BCUT2D eigenvalue weighted by Crippen LogP contribution is 2.12. The largest absolute Gasteiger partial charge is 0.432 e. The number of amides is 9. The van der Waals surface area contributed by atoms with Gasteiger partial charge in [-0.25, -0.2) is 24.0 Å². The molecule has 0 aliphatic carbocycles. The highest BCUT2D eigenvalue weighted by atomic mass is 35.5. The molecule has 1 aromatic carbocycles. The summed E-state index contributed by atoms with van der Waals surface area (Å²) in [6.45, 7) is 7.74. The van der Waals surface area contributed by atoms with Gasteiger partial charge in [-0.3, -0.25) is 9.59 Å². The lowest BCUT2D eigenvalue weighted by atomic mass is 10.2. The zero-order valence-electron chi connectivity index (χ0n) is 25.3. The quantitative estimate of drug-likeness (QED) is 0.108. The third-order valence-electron chi connectivity index (χ3n) is 6.35.